The van der Waals surface area contributed by atoms with Crippen LogP contribution in [0.5, 0.6) is 0 Å². The second-order valence-corrected chi connectivity index (χ2v) is 4.54. The van der Waals surface area contributed by atoms with Crippen LogP contribution in [0, 0.1) is 6.92 Å². The van der Waals surface area contributed by atoms with Crippen LogP contribution in [0.4, 0.5) is 5.82 Å². The molecule has 0 aliphatic carbocycles. The van der Waals surface area contributed by atoms with Crippen molar-refractivity contribution in [1.82, 2.24) is 20.0 Å². The third-order valence-electron chi connectivity index (χ3n) is 2.98. The summed E-state index contributed by atoms with van der Waals surface area (Å²) in [5, 5.41) is 7.76. The summed E-state index contributed by atoms with van der Waals surface area (Å²) in [5.41, 5.74) is 1.24. The Hall–Kier alpha value is -1.07. The van der Waals surface area contributed by atoms with Gasteiger partial charge in [-0.3, -0.25) is 4.90 Å². The molecule has 106 valence electrons. The molecule has 5 nitrogen and oxygen atoms in total. The fraction of sp³-hybridized carbons (Fsp3) is 0.769. The van der Waals surface area contributed by atoms with E-state index in [9.17, 15) is 0 Å². The summed E-state index contributed by atoms with van der Waals surface area (Å²) in [6.45, 7) is 11.4. The van der Waals surface area contributed by atoms with E-state index >= 15 is 0 Å². The summed E-state index contributed by atoms with van der Waals surface area (Å²) in [5.74, 6) is 1.21. The van der Waals surface area contributed by atoms with Gasteiger partial charge in [0.2, 0.25) is 0 Å². The molecule has 0 saturated carbocycles. The van der Waals surface area contributed by atoms with E-state index in [1.807, 2.05) is 20.0 Å². The predicted octanol–water partition coefficient (Wildman–Crippen LogP) is 1.39. The lowest BCUT2D eigenvalue weighted by atomic mass is 10.3. The molecule has 1 aromatic rings. The van der Waals surface area contributed by atoms with Crippen LogP contribution in [0.15, 0.2) is 6.20 Å². The highest BCUT2D eigenvalue weighted by molar-refractivity contribution is 5.44. The number of anilines is 1. The van der Waals surface area contributed by atoms with Gasteiger partial charge in [0.15, 0.2) is 0 Å². The maximum atomic E-state index is 4.43. The van der Waals surface area contributed by atoms with Gasteiger partial charge in [0.25, 0.3) is 0 Å². The van der Waals surface area contributed by atoms with Crippen LogP contribution in [0.25, 0.3) is 0 Å². The largest absolute Gasteiger partial charge is 0.363 e. The molecule has 0 aromatic carbocycles. The van der Waals surface area contributed by atoms with Crippen molar-refractivity contribution >= 4 is 5.82 Å². The van der Waals surface area contributed by atoms with E-state index in [4.69, 9.17) is 0 Å². The van der Waals surface area contributed by atoms with Gasteiger partial charge in [-0.05, 0) is 6.92 Å². The molecule has 1 fully saturated rings. The smallest absolute Gasteiger partial charge is 0.129 e. The van der Waals surface area contributed by atoms with Gasteiger partial charge in [-0.25, -0.2) is 4.68 Å². The number of aryl methyl sites for hydroxylation is 1. The van der Waals surface area contributed by atoms with Crippen molar-refractivity contribution in [2.75, 3.05) is 45.3 Å². The van der Waals surface area contributed by atoms with E-state index < -0.39 is 0 Å². The Balaban J connectivity index is 0.00000103. The first-order valence-electron chi connectivity index (χ1n) is 6.81. The number of rotatable bonds is 4. The van der Waals surface area contributed by atoms with Crippen LogP contribution in [0.2, 0.25) is 0 Å². The minimum Gasteiger partial charge on any atom is -0.363 e. The van der Waals surface area contributed by atoms with Crippen LogP contribution in [-0.4, -0.2) is 55.1 Å². The number of hydrogen-bond donors (Lipinski definition) is 1. The number of nitrogens with one attached hydrogen (secondary N) is 1. The van der Waals surface area contributed by atoms with Crippen molar-refractivity contribution in [3.05, 3.63) is 11.8 Å². The molecule has 5 heteroatoms. The predicted molar refractivity (Wildman–Crippen MR) is 79.2 cm³/mol. The average Bonchev–Trinajstić information content (AvgIpc) is 2.98. The molecule has 0 radical (unpaired) electrons. The fourth-order valence-corrected chi connectivity index (χ4v) is 2.20. The van der Waals surface area contributed by atoms with Crippen LogP contribution in [0.1, 0.15) is 20.8 Å². The average molecular weight is 255 g/mol. The normalized spacial score (nSPS) is 15.4. The van der Waals surface area contributed by atoms with E-state index in [0.717, 1.165) is 32.8 Å². The third-order valence-corrected chi connectivity index (χ3v) is 2.98. The first-order chi connectivity index (χ1) is 8.68. The van der Waals surface area contributed by atoms with Gasteiger partial charge in [0.05, 0.1) is 12.7 Å². The summed E-state index contributed by atoms with van der Waals surface area (Å²) in [7, 11) is 4.13. The van der Waals surface area contributed by atoms with Gasteiger partial charge in [0, 0.05) is 47.4 Å². The van der Waals surface area contributed by atoms with E-state index in [-0.39, 0.29) is 1.43 Å². The summed E-state index contributed by atoms with van der Waals surface area (Å²) in [4.78, 5) is 4.54. The monoisotopic (exact) mass is 255 g/mol. The summed E-state index contributed by atoms with van der Waals surface area (Å²) < 4.78 is 2.09. The highest BCUT2D eigenvalue weighted by Crippen LogP contribution is 2.16. The first-order valence-corrected chi connectivity index (χ1v) is 6.81. The minimum atomic E-state index is 0. The van der Waals surface area contributed by atoms with E-state index in [2.05, 4.69) is 45.9 Å². The van der Waals surface area contributed by atoms with Crippen molar-refractivity contribution < 1.29 is 1.43 Å². The Bertz CT molecular complexity index is 345. The van der Waals surface area contributed by atoms with Gasteiger partial charge in [0.1, 0.15) is 5.82 Å². The Morgan fingerprint density at radius 3 is 2.67 bits per heavy atom. The van der Waals surface area contributed by atoms with Crippen molar-refractivity contribution in [2.24, 2.45) is 0 Å². The summed E-state index contributed by atoms with van der Waals surface area (Å²) in [6.07, 6.45) is 1.94. The minimum absolute atomic E-state index is 0. The zero-order valence-corrected chi connectivity index (χ0v) is 12.4. The second kappa shape index (κ2) is 7.38. The number of aromatic nitrogens is 2. The SMILES string of the molecule is CC.Cc1cnn(CCN2CCNC2)c1N(C)C.[HH]. The lowest BCUT2D eigenvalue weighted by Crippen LogP contribution is -2.27. The van der Waals surface area contributed by atoms with Crippen LogP contribution >= 0.6 is 0 Å². The van der Waals surface area contributed by atoms with Crippen molar-refractivity contribution in [1.29, 1.82) is 0 Å². The van der Waals surface area contributed by atoms with Gasteiger partial charge in [-0.1, -0.05) is 13.8 Å². The highest BCUT2D eigenvalue weighted by atomic mass is 15.4. The first kappa shape index (κ1) is 15.0. The number of nitrogens with zero attached hydrogens (tertiary/aromatic N) is 4. The van der Waals surface area contributed by atoms with E-state index in [1.165, 1.54) is 11.4 Å². The molecule has 1 saturated heterocycles. The van der Waals surface area contributed by atoms with Crippen LogP contribution in [0.3, 0.4) is 0 Å². The molecule has 1 N–H and O–H groups in total. The molecule has 1 aromatic heterocycles. The Kier molecular flexibility index (Phi) is 6.15. The second-order valence-electron chi connectivity index (χ2n) is 4.54. The van der Waals surface area contributed by atoms with Crippen molar-refractivity contribution in [3.63, 3.8) is 0 Å². The lowest BCUT2D eigenvalue weighted by Gasteiger charge is -2.18. The summed E-state index contributed by atoms with van der Waals surface area (Å²) in [6, 6.07) is 0. The van der Waals surface area contributed by atoms with Crippen LogP contribution in [-0.2, 0) is 6.54 Å². The topological polar surface area (TPSA) is 36.3 Å². The number of hydrogen-bond acceptors (Lipinski definition) is 4. The zero-order valence-electron chi connectivity index (χ0n) is 12.4. The molecule has 1 aliphatic heterocycles. The maximum Gasteiger partial charge on any atom is 0.129 e. The Morgan fingerprint density at radius 1 is 1.39 bits per heavy atom. The fourth-order valence-electron chi connectivity index (χ4n) is 2.20. The van der Waals surface area contributed by atoms with Gasteiger partial charge in [-0.2, -0.15) is 5.10 Å². The molecular weight excluding hydrogens is 226 g/mol. The van der Waals surface area contributed by atoms with Crippen molar-refractivity contribution in [2.45, 2.75) is 27.3 Å². The Labute approximate surface area is 112 Å². The molecule has 0 unspecified atom stereocenters. The van der Waals surface area contributed by atoms with Crippen molar-refractivity contribution in [3.8, 4) is 0 Å². The summed E-state index contributed by atoms with van der Waals surface area (Å²) >= 11 is 0. The molecule has 2 heterocycles. The molecule has 0 bridgehead atoms. The molecule has 2 rings (SSSR count). The third kappa shape index (κ3) is 3.71. The van der Waals surface area contributed by atoms with E-state index in [0.29, 0.717) is 0 Å². The lowest BCUT2D eigenvalue weighted by molar-refractivity contribution is 0.313. The van der Waals surface area contributed by atoms with Gasteiger partial charge < -0.3 is 10.2 Å². The highest BCUT2D eigenvalue weighted by Gasteiger charge is 2.13. The quantitative estimate of drug-likeness (QED) is 0.882. The Morgan fingerprint density at radius 2 is 2.11 bits per heavy atom. The molecule has 1 aliphatic rings. The maximum absolute atomic E-state index is 4.43. The van der Waals surface area contributed by atoms with Gasteiger partial charge >= 0.3 is 0 Å². The zero-order chi connectivity index (χ0) is 13.5. The molecule has 18 heavy (non-hydrogen) atoms. The van der Waals surface area contributed by atoms with Gasteiger partial charge in [-0.15, -0.1) is 0 Å². The van der Waals surface area contributed by atoms with E-state index in [1.54, 1.807) is 0 Å². The molecule has 0 spiro atoms. The van der Waals surface area contributed by atoms with Crippen LogP contribution < -0.4 is 10.2 Å². The molecular formula is C13H29N5. The standard InChI is InChI=1S/C11H21N5.C2H6.H2/c1-10-8-13-16(11(10)14(2)3)7-6-15-5-4-12-9-15;1-2;/h8,12H,4-7,9H2,1-3H3;1-2H3;1H. The molecule has 0 atom stereocenters. The molecule has 0 amide bonds.